The van der Waals surface area contributed by atoms with Crippen molar-refractivity contribution >= 4 is 17.7 Å². The molecule has 1 unspecified atom stereocenters. The third-order valence-corrected chi connectivity index (χ3v) is 4.37. The highest BCUT2D eigenvalue weighted by Gasteiger charge is 2.22. The zero-order valence-electron chi connectivity index (χ0n) is 9.63. The molecular formula is C12H20N2OS. The van der Waals surface area contributed by atoms with Crippen molar-refractivity contribution in [2.75, 3.05) is 31.1 Å². The van der Waals surface area contributed by atoms with Gasteiger partial charge in [0, 0.05) is 24.8 Å². The van der Waals surface area contributed by atoms with Crippen molar-refractivity contribution < 1.29 is 4.79 Å². The van der Waals surface area contributed by atoms with Gasteiger partial charge in [-0.3, -0.25) is 4.79 Å². The highest BCUT2D eigenvalue weighted by atomic mass is 32.2. The molecule has 0 spiro atoms. The molecule has 1 atom stereocenters. The van der Waals surface area contributed by atoms with Gasteiger partial charge in [-0.05, 0) is 31.6 Å². The largest absolute Gasteiger partial charge is 0.356 e. The summed E-state index contributed by atoms with van der Waals surface area (Å²) in [5.41, 5.74) is 1.49. The second-order valence-electron chi connectivity index (χ2n) is 4.42. The van der Waals surface area contributed by atoms with E-state index in [1.807, 2.05) is 11.8 Å². The van der Waals surface area contributed by atoms with E-state index in [-0.39, 0.29) is 11.8 Å². The Bertz CT molecular complexity index is 272. The molecule has 16 heavy (non-hydrogen) atoms. The first-order valence-corrected chi connectivity index (χ1v) is 7.26. The van der Waals surface area contributed by atoms with Gasteiger partial charge < -0.3 is 10.6 Å². The number of rotatable bonds is 4. The van der Waals surface area contributed by atoms with Gasteiger partial charge in [0.2, 0.25) is 5.91 Å². The van der Waals surface area contributed by atoms with Crippen molar-refractivity contribution in [3.8, 4) is 0 Å². The Morgan fingerprint density at radius 3 is 3.25 bits per heavy atom. The fraction of sp³-hybridized carbons (Fsp3) is 0.750. The normalized spacial score (nSPS) is 25.2. The first-order valence-electron chi connectivity index (χ1n) is 6.10. The number of thioether (sulfide) groups is 1. The molecule has 2 aliphatic rings. The molecule has 1 amide bonds. The second-order valence-corrected chi connectivity index (χ2v) is 5.57. The summed E-state index contributed by atoms with van der Waals surface area (Å²) in [4.78, 5) is 11.7. The molecule has 1 saturated heterocycles. The van der Waals surface area contributed by atoms with Crippen molar-refractivity contribution in [3.63, 3.8) is 0 Å². The summed E-state index contributed by atoms with van der Waals surface area (Å²) in [6.45, 7) is 2.88. The van der Waals surface area contributed by atoms with E-state index < -0.39 is 0 Å². The molecule has 2 aliphatic heterocycles. The lowest BCUT2D eigenvalue weighted by molar-refractivity contribution is -0.124. The lowest BCUT2D eigenvalue weighted by Crippen LogP contribution is -2.32. The molecule has 0 aromatic rings. The first kappa shape index (κ1) is 12.0. The summed E-state index contributed by atoms with van der Waals surface area (Å²) in [5.74, 6) is 2.69. The van der Waals surface area contributed by atoms with Crippen LogP contribution < -0.4 is 10.6 Å². The van der Waals surface area contributed by atoms with Crippen LogP contribution in [0.3, 0.4) is 0 Å². The smallest absolute Gasteiger partial charge is 0.223 e. The van der Waals surface area contributed by atoms with Gasteiger partial charge in [-0.1, -0.05) is 11.6 Å². The number of nitrogens with one attached hydrogen (secondary N) is 2. The van der Waals surface area contributed by atoms with Gasteiger partial charge >= 0.3 is 0 Å². The summed E-state index contributed by atoms with van der Waals surface area (Å²) < 4.78 is 0. The number of amides is 1. The van der Waals surface area contributed by atoms with E-state index in [1.54, 1.807) is 0 Å². The number of hydrogen-bond acceptors (Lipinski definition) is 3. The van der Waals surface area contributed by atoms with Crippen LogP contribution in [0.5, 0.6) is 0 Å². The Morgan fingerprint density at radius 2 is 2.56 bits per heavy atom. The molecular weight excluding hydrogens is 220 g/mol. The topological polar surface area (TPSA) is 41.1 Å². The molecule has 2 heterocycles. The number of carbonyl (C=O) groups excluding carboxylic acids is 1. The fourth-order valence-electron chi connectivity index (χ4n) is 2.13. The maximum atomic E-state index is 11.7. The van der Waals surface area contributed by atoms with E-state index >= 15 is 0 Å². The van der Waals surface area contributed by atoms with E-state index in [4.69, 9.17) is 0 Å². The zero-order chi connectivity index (χ0) is 11.2. The number of hydrogen-bond donors (Lipinski definition) is 2. The third-order valence-electron chi connectivity index (χ3n) is 3.20. The summed E-state index contributed by atoms with van der Waals surface area (Å²) in [5, 5.41) is 6.35. The van der Waals surface area contributed by atoms with Crippen molar-refractivity contribution in [2.45, 2.75) is 19.3 Å². The minimum Gasteiger partial charge on any atom is -0.356 e. The SMILES string of the molecule is O=C(NCCC1=CCNCC1)C1CCSC1. The summed E-state index contributed by atoms with van der Waals surface area (Å²) in [7, 11) is 0. The Morgan fingerprint density at radius 1 is 1.62 bits per heavy atom. The molecule has 1 fully saturated rings. The molecule has 0 radical (unpaired) electrons. The van der Waals surface area contributed by atoms with Crippen LogP contribution in [0.25, 0.3) is 0 Å². The van der Waals surface area contributed by atoms with Crippen molar-refractivity contribution in [2.24, 2.45) is 5.92 Å². The third kappa shape index (κ3) is 3.52. The van der Waals surface area contributed by atoms with Gasteiger partial charge in [0.25, 0.3) is 0 Å². The fourth-order valence-corrected chi connectivity index (χ4v) is 3.35. The van der Waals surface area contributed by atoms with Crippen LogP contribution in [0.1, 0.15) is 19.3 Å². The molecule has 0 saturated carbocycles. The predicted octanol–water partition coefficient (Wildman–Crippen LogP) is 1.17. The molecule has 0 aromatic heterocycles. The van der Waals surface area contributed by atoms with Gasteiger partial charge in [0.15, 0.2) is 0 Å². The molecule has 0 aromatic carbocycles. The van der Waals surface area contributed by atoms with E-state index in [0.717, 1.165) is 50.4 Å². The highest BCUT2D eigenvalue weighted by molar-refractivity contribution is 7.99. The van der Waals surface area contributed by atoms with Gasteiger partial charge in [0.05, 0.1) is 0 Å². The van der Waals surface area contributed by atoms with E-state index in [0.29, 0.717) is 0 Å². The minimum atomic E-state index is 0.263. The Labute approximate surface area is 101 Å². The van der Waals surface area contributed by atoms with Crippen LogP contribution in [-0.2, 0) is 4.79 Å². The summed E-state index contributed by atoms with van der Waals surface area (Å²) in [6, 6.07) is 0. The lowest BCUT2D eigenvalue weighted by atomic mass is 10.1. The Balaban J connectivity index is 1.63. The molecule has 2 rings (SSSR count). The predicted molar refractivity (Wildman–Crippen MR) is 68.6 cm³/mol. The average molecular weight is 240 g/mol. The van der Waals surface area contributed by atoms with E-state index in [1.165, 1.54) is 5.57 Å². The quantitative estimate of drug-likeness (QED) is 0.725. The van der Waals surface area contributed by atoms with Crippen molar-refractivity contribution in [1.29, 1.82) is 0 Å². The van der Waals surface area contributed by atoms with E-state index in [9.17, 15) is 4.79 Å². The van der Waals surface area contributed by atoms with Crippen LogP contribution in [-0.4, -0.2) is 37.0 Å². The molecule has 90 valence electrons. The Kier molecular flexibility index (Phi) is 4.72. The molecule has 2 N–H and O–H groups in total. The maximum absolute atomic E-state index is 11.7. The van der Waals surface area contributed by atoms with Crippen LogP contribution in [0.2, 0.25) is 0 Å². The maximum Gasteiger partial charge on any atom is 0.223 e. The average Bonchev–Trinajstić information content (AvgIpc) is 2.84. The van der Waals surface area contributed by atoms with Gasteiger partial charge in [-0.2, -0.15) is 11.8 Å². The summed E-state index contributed by atoms with van der Waals surface area (Å²) in [6.07, 6.45) is 5.46. The Hall–Kier alpha value is -0.480. The van der Waals surface area contributed by atoms with Crippen molar-refractivity contribution in [1.82, 2.24) is 10.6 Å². The first-order chi connectivity index (χ1) is 7.86. The van der Waals surface area contributed by atoms with Crippen LogP contribution in [0.4, 0.5) is 0 Å². The van der Waals surface area contributed by atoms with E-state index in [2.05, 4.69) is 16.7 Å². The van der Waals surface area contributed by atoms with Crippen LogP contribution in [0.15, 0.2) is 11.6 Å². The van der Waals surface area contributed by atoms with Crippen LogP contribution in [0, 0.1) is 5.92 Å². The van der Waals surface area contributed by atoms with Gasteiger partial charge in [0.1, 0.15) is 0 Å². The van der Waals surface area contributed by atoms with Crippen molar-refractivity contribution in [3.05, 3.63) is 11.6 Å². The number of carbonyl (C=O) groups is 1. The highest BCUT2D eigenvalue weighted by Crippen LogP contribution is 2.23. The molecule has 3 nitrogen and oxygen atoms in total. The summed E-state index contributed by atoms with van der Waals surface area (Å²) >= 11 is 1.89. The van der Waals surface area contributed by atoms with Gasteiger partial charge in [-0.25, -0.2) is 0 Å². The zero-order valence-corrected chi connectivity index (χ0v) is 10.4. The lowest BCUT2D eigenvalue weighted by Gasteiger charge is -2.15. The minimum absolute atomic E-state index is 0.263. The molecule has 4 heteroatoms. The molecule has 0 bridgehead atoms. The van der Waals surface area contributed by atoms with Gasteiger partial charge in [-0.15, -0.1) is 0 Å². The monoisotopic (exact) mass is 240 g/mol. The van der Waals surface area contributed by atoms with Crippen LogP contribution >= 0.6 is 11.8 Å². The standard InChI is InChI=1S/C12H20N2OS/c15-12(11-4-8-16-9-11)14-7-3-10-1-5-13-6-2-10/h1,11,13H,2-9H2,(H,14,15). The second kappa shape index (κ2) is 6.30. The molecule has 0 aliphatic carbocycles.